The molecule has 0 heterocycles. The van der Waals surface area contributed by atoms with E-state index < -0.39 is 0 Å². The Hall–Kier alpha value is 1.41. The quantitative estimate of drug-likeness (QED) is 0.440. The van der Waals surface area contributed by atoms with Crippen LogP contribution in [0.1, 0.15) is 7.43 Å². The van der Waals surface area contributed by atoms with E-state index in [0.717, 1.165) is 0 Å². The molecular weight excluding hydrogens is 337 g/mol. The summed E-state index contributed by atoms with van der Waals surface area (Å²) >= 11 is 0. The van der Waals surface area contributed by atoms with Gasteiger partial charge in [0.1, 0.15) is 0 Å². The maximum absolute atomic E-state index is 7.00. The van der Waals surface area contributed by atoms with E-state index in [4.69, 9.17) is 20.1 Å². The van der Waals surface area contributed by atoms with Crippen LogP contribution in [0.2, 0.25) is 0 Å². The van der Waals surface area contributed by atoms with Crippen LogP contribution in [0, 0.1) is 0 Å². The van der Waals surface area contributed by atoms with Crippen LogP contribution < -0.4 is 0 Å². The lowest BCUT2D eigenvalue weighted by Gasteiger charge is -1.46. The Bertz CT molecular complexity index is 20.5. The number of rotatable bonds is 0. The summed E-state index contributed by atoms with van der Waals surface area (Å²) in [5.41, 5.74) is 0. The van der Waals surface area contributed by atoms with Gasteiger partial charge in [0.25, 0.3) is 0 Å². The highest BCUT2D eigenvalue weighted by Gasteiger charge is 1.52. The smallest absolute Gasteiger partial charge is 0.429 e. The molecule has 0 bridgehead atoms. The molecule has 4 nitrogen and oxygen atoms in total. The minimum Gasteiger partial charge on any atom is -0.429 e. The van der Waals surface area contributed by atoms with Crippen molar-refractivity contribution in [1.29, 1.82) is 0 Å². The minimum atomic E-state index is 0. The summed E-state index contributed by atoms with van der Waals surface area (Å²) in [4.78, 5) is 0. The summed E-state index contributed by atoms with van der Waals surface area (Å²) < 4.78 is 0. The number of halogens is 3. The van der Waals surface area contributed by atoms with Crippen LogP contribution in [0.25, 0.3) is 0 Å². The van der Waals surface area contributed by atoms with Crippen molar-refractivity contribution >= 4 is 66.3 Å². The van der Waals surface area contributed by atoms with Gasteiger partial charge in [-0.15, -0.1) is 50.9 Å². The van der Waals surface area contributed by atoms with Gasteiger partial charge >= 0.3 is 15.4 Å². The summed E-state index contributed by atoms with van der Waals surface area (Å²) in [6, 6.07) is 0. The maximum atomic E-state index is 7.00. The largest absolute Gasteiger partial charge is 0.482 e. The van der Waals surface area contributed by atoms with Crippen molar-refractivity contribution in [2.45, 2.75) is 7.43 Å². The van der Waals surface area contributed by atoms with Gasteiger partial charge in [-0.25, -0.2) is 0 Å². The summed E-state index contributed by atoms with van der Waals surface area (Å²) in [6.07, 6.45) is 0. The van der Waals surface area contributed by atoms with Gasteiger partial charge < -0.3 is 20.1 Å². The molecule has 0 atom stereocenters. The Kier molecular flexibility index (Phi) is 335. The molecule has 9 heteroatoms. The first-order valence-corrected chi connectivity index (χ1v) is 1.03. The van der Waals surface area contributed by atoms with Crippen molar-refractivity contribution in [3.8, 4) is 0 Å². The highest BCUT2D eigenvalue weighted by Crippen LogP contribution is 1.08. The molecule has 0 aromatic heterocycles. The van der Waals surface area contributed by atoms with Crippen LogP contribution in [-0.2, 0) is 0 Å². The van der Waals surface area contributed by atoms with Gasteiger partial charge in [0.05, 0.1) is 0 Å². The van der Waals surface area contributed by atoms with Crippen molar-refractivity contribution < 1.29 is 20.1 Å². The Morgan fingerprint density at radius 1 is 0.600 bits per heavy atom. The zero-order valence-electron chi connectivity index (χ0n) is 4.17. The third-order valence-electron chi connectivity index (χ3n) is 0. The predicted molar refractivity (Wildman–Crippen MR) is 58.1 cm³/mol. The molecule has 0 fully saturated rings. The van der Waals surface area contributed by atoms with E-state index in [1.54, 1.807) is 0 Å². The molecule has 0 aliphatic rings. The van der Waals surface area contributed by atoms with Crippen molar-refractivity contribution in [1.82, 2.24) is 0 Å². The molecule has 0 rings (SSSR count). The molecule has 4 N–H and O–H groups in total. The minimum absolute atomic E-state index is 0. The third kappa shape index (κ3) is 335. The lowest BCUT2D eigenvalue weighted by atomic mass is 10.5. The zero-order chi connectivity index (χ0) is 5.41. The topological polar surface area (TPSA) is 80.9 Å². The van der Waals surface area contributed by atoms with Crippen molar-refractivity contribution in [3.05, 3.63) is 0 Å². The first-order chi connectivity index (χ1) is 2.83. The highest BCUT2D eigenvalue weighted by atomic mass is 79.9. The fourth-order valence-electron chi connectivity index (χ4n) is 0. The predicted octanol–water partition coefficient (Wildman–Crippen LogP) is -0.620. The Labute approximate surface area is 93.6 Å². The van der Waals surface area contributed by atoms with Gasteiger partial charge in [0.15, 0.2) is 0 Å². The van der Waals surface area contributed by atoms with Crippen LogP contribution in [0.4, 0.5) is 0 Å². The fraction of sp³-hybridized carbons (Fsp3) is 1.00. The molecule has 0 saturated carbocycles. The lowest BCUT2D eigenvalue weighted by molar-refractivity contribution is 0.447. The maximum Gasteiger partial charge on any atom is 0.482 e. The van der Waals surface area contributed by atoms with E-state index in [9.17, 15) is 0 Å². The van der Waals surface area contributed by atoms with Crippen molar-refractivity contribution in [3.63, 3.8) is 0 Å². The Morgan fingerprint density at radius 2 is 0.600 bits per heavy atom. The first kappa shape index (κ1) is 42.2. The molecular formula is CH11B2Br3O4. The van der Waals surface area contributed by atoms with E-state index in [2.05, 4.69) is 0 Å². The summed E-state index contributed by atoms with van der Waals surface area (Å²) in [5.74, 6) is 0. The van der Waals surface area contributed by atoms with Gasteiger partial charge in [-0.2, -0.15) is 0 Å². The molecule has 0 aliphatic carbocycles. The molecule has 0 spiro atoms. The number of hydrogen-bond donors (Lipinski definition) is 4. The van der Waals surface area contributed by atoms with Crippen molar-refractivity contribution in [2.24, 2.45) is 0 Å². The average molecular weight is 348 g/mol. The molecule has 0 aromatic rings. The van der Waals surface area contributed by atoms with Gasteiger partial charge in [-0.1, -0.05) is 7.43 Å². The molecule has 0 unspecified atom stereocenters. The van der Waals surface area contributed by atoms with Crippen LogP contribution in [0.3, 0.4) is 0 Å². The van der Waals surface area contributed by atoms with Crippen LogP contribution in [-0.4, -0.2) is 35.5 Å². The molecule has 0 amide bonds. The van der Waals surface area contributed by atoms with Gasteiger partial charge in [-0.05, 0) is 0 Å². The molecule has 0 aromatic carbocycles. The molecule has 2 radical (unpaired) electrons. The zero-order valence-corrected chi connectivity index (χ0v) is 9.31. The fourth-order valence-corrected chi connectivity index (χ4v) is 0. The average Bonchev–Trinajstić information content (AvgIpc) is 1.39. The second kappa shape index (κ2) is 79.3. The summed E-state index contributed by atoms with van der Waals surface area (Å²) in [6.45, 7) is 0. The van der Waals surface area contributed by atoms with Gasteiger partial charge in [0, 0.05) is 0 Å². The van der Waals surface area contributed by atoms with E-state index in [0.29, 0.717) is 0 Å². The number of hydrogen-bond acceptors (Lipinski definition) is 4. The van der Waals surface area contributed by atoms with Crippen molar-refractivity contribution in [2.75, 3.05) is 0 Å². The second-order valence-corrected chi connectivity index (χ2v) is 0.231. The van der Waals surface area contributed by atoms with Crippen LogP contribution >= 0.6 is 50.9 Å². The third-order valence-corrected chi connectivity index (χ3v) is 0. The molecule has 10 heavy (non-hydrogen) atoms. The molecule has 0 aliphatic heterocycles. The first-order valence-electron chi connectivity index (χ1n) is 1.03. The summed E-state index contributed by atoms with van der Waals surface area (Å²) in [5, 5.41) is 28.0. The van der Waals surface area contributed by atoms with Crippen LogP contribution in [0.15, 0.2) is 0 Å². The lowest BCUT2D eigenvalue weighted by Crippen LogP contribution is -1.75. The van der Waals surface area contributed by atoms with E-state index in [-0.39, 0.29) is 73.7 Å². The summed E-state index contributed by atoms with van der Waals surface area (Å²) in [7, 11) is 0. The SMILES string of the molecule is Br.Br.Br.C.O[B]O.O[B]O. The van der Waals surface area contributed by atoms with Gasteiger partial charge in [0.2, 0.25) is 0 Å². The normalized spacial score (nSPS) is 2.80. The standard InChI is InChI=1S/CH4.2BH2O2.3BrH/c;2*2-1-3;;;/h1H4;2*2-3H;3*1H. The monoisotopic (exact) mass is 346 g/mol. The second-order valence-electron chi connectivity index (χ2n) is 0.231. The van der Waals surface area contributed by atoms with E-state index >= 15 is 0 Å². The van der Waals surface area contributed by atoms with Gasteiger partial charge in [-0.3, -0.25) is 0 Å². The highest BCUT2D eigenvalue weighted by molar-refractivity contribution is 8.93. The molecule has 0 saturated heterocycles. The van der Waals surface area contributed by atoms with E-state index in [1.165, 1.54) is 0 Å². The Balaban J connectivity index is -0.00000000571. The van der Waals surface area contributed by atoms with Crippen LogP contribution in [0.5, 0.6) is 0 Å². The Morgan fingerprint density at radius 3 is 0.600 bits per heavy atom. The molecule has 66 valence electrons. The van der Waals surface area contributed by atoms with E-state index in [1.807, 2.05) is 0 Å².